The van der Waals surface area contributed by atoms with Crippen LogP contribution in [0.25, 0.3) is 0 Å². The molecule has 0 saturated carbocycles. The monoisotopic (exact) mass is 141 g/mol. The van der Waals surface area contributed by atoms with Crippen molar-refractivity contribution in [3.63, 3.8) is 0 Å². The highest BCUT2D eigenvalue weighted by atomic mass is 35.5. The van der Waals surface area contributed by atoms with Crippen molar-refractivity contribution >= 4 is 17.7 Å². The fraction of sp³-hybridized carbons (Fsp3) is 0.167. The molecule has 1 atom stereocenters. The molecule has 0 bridgehead atoms. The number of hydrogen-bond donors (Lipinski definition) is 0. The highest BCUT2D eigenvalue weighted by Gasteiger charge is 2.03. The van der Waals surface area contributed by atoms with Gasteiger partial charge in [0.2, 0.25) is 6.08 Å². The third-order valence-corrected chi connectivity index (χ3v) is 1.24. The SMILES string of the molecule is O=C=NC1C=CC(Cl)=C1. The first-order chi connectivity index (χ1) is 4.33. The number of nitrogens with zero attached hydrogens (tertiary/aromatic N) is 1. The summed E-state index contributed by atoms with van der Waals surface area (Å²) < 4.78 is 0. The van der Waals surface area contributed by atoms with Crippen LogP contribution in [0, 0.1) is 0 Å². The zero-order valence-electron chi connectivity index (χ0n) is 4.54. The highest BCUT2D eigenvalue weighted by Crippen LogP contribution is 2.14. The third-order valence-electron chi connectivity index (χ3n) is 0.984. The molecule has 46 valence electrons. The molecule has 0 aliphatic heterocycles. The molecule has 0 aromatic heterocycles. The molecule has 9 heavy (non-hydrogen) atoms. The number of halogens is 1. The van der Waals surface area contributed by atoms with Crippen LogP contribution >= 0.6 is 11.6 Å². The molecule has 0 N–H and O–H groups in total. The van der Waals surface area contributed by atoms with Crippen molar-refractivity contribution in [1.82, 2.24) is 0 Å². The van der Waals surface area contributed by atoms with Crippen LogP contribution < -0.4 is 0 Å². The van der Waals surface area contributed by atoms with Crippen LogP contribution in [-0.4, -0.2) is 12.1 Å². The van der Waals surface area contributed by atoms with Gasteiger partial charge in [0, 0.05) is 5.03 Å². The predicted molar refractivity (Wildman–Crippen MR) is 35.0 cm³/mol. The van der Waals surface area contributed by atoms with Gasteiger partial charge in [-0.1, -0.05) is 17.7 Å². The molecule has 1 aliphatic carbocycles. The molecule has 0 amide bonds. The molecule has 0 radical (unpaired) electrons. The van der Waals surface area contributed by atoms with Crippen LogP contribution in [0.3, 0.4) is 0 Å². The predicted octanol–water partition coefficient (Wildman–Crippen LogP) is 1.38. The Morgan fingerprint density at radius 2 is 2.56 bits per heavy atom. The molecule has 0 fully saturated rings. The maximum atomic E-state index is 9.67. The first-order valence-corrected chi connectivity index (χ1v) is 2.83. The minimum Gasteiger partial charge on any atom is -0.211 e. The second-order valence-electron chi connectivity index (χ2n) is 1.62. The summed E-state index contributed by atoms with van der Waals surface area (Å²) in [5, 5.41) is 0.624. The van der Waals surface area contributed by atoms with E-state index in [4.69, 9.17) is 11.6 Å². The van der Waals surface area contributed by atoms with E-state index in [1.807, 2.05) is 0 Å². The summed E-state index contributed by atoms with van der Waals surface area (Å²) in [6.45, 7) is 0. The van der Waals surface area contributed by atoms with E-state index in [1.165, 1.54) is 6.08 Å². The lowest BCUT2D eigenvalue weighted by Crippen LogP contribution is -1.88. The Labute approximate surface area is 57.5 Å². The Kier molecular flexibility index (Phi) is 1.83. The van der Waals surface area contributed by atoms with Crippen molar-refractivity contribution in [2.75, 3.05) is 0 Å². The Morgan fingerprint density at radius 1 is 1.78 bits per heavy atom. The van der Waals surface area contributed by atoms with Crippen LogP contribution in [0.2, 0.25) is 0 Å². The maximum Gasteiger partial charge on any atom is 0.235 e. The first-order valence-electron chi connectivity index (χ1n) is 2.45. The second kappa shape index (κ2) is 2.62. The van der Waals surface area contributed by atoms with E-state index in [-0.39, 0.29) is 6.04 Å². The first kappa shape index (κ1) is 6.27. The van der Waals surface area contributed by atoms with Gasteiger partial charge < -0.3 is 0 Å². The van der Waals surface area contributed by atoms with Gasteiger partial charge in [-0.15, -0.1) is 0 Å². The minimum absolute atomic E-state index is 0.185. The Bertz CT molecular complexity index is 213. The van der Waals surface area contributed by atoms with Gasteiger partial charge in [-0.2, -0.15) is 4.99 Å². The molecule has 0 spiro atoms. The van der Waals surface area contributed by atoms with Gasteiger partial charge in [-0.25, -0.2) is 4.79 Å². The molecule has 0 saturated heterocycles. The van der Waals surface area contributed by atoms with E-state index in [0.717, 1.165) is 0 Å². The Balaban J connectivity index is 2.70. The zero-order valence-corrected chi connectivity index (χ0v) is 5.30. The molecular formula is C6H4ClNO. The smallest absolute Gasteiger partial charge is 0.211 e. The summed E-state index contributed by atoms with van der Waals surface area (Å²) in [7, 11) is 0. The van der Waals surface area contributed by atoms with Gasteiger partial charge in [0.1, 0.15) is 6.04 Å². The number of carbonyl (C=O) groups excluding carboxylic acids is 1. The second-order valence-corrected chi connectivity index (χ2v) is 2.06. The van der Waals surface area contributed by atoms with E-state index in [2.05, 4.69) is 4.99 Å². The van der Waals surface area contributed by atoms with Crippen molar-refractivity contribution in [3.05, 3.63) is 23.3 Å². The summed E-state index contributed by atoms with van der Waals surface area (Å²) in [4.78, 5) is 13.1. The Morgan fingerprint density at radius 3 is 3.00 bits per heavy atom. The van der Waals surface area contributed by atoms with Crippen molar-refractivity contribution in [2.45, 2.75) is 6.04 Å². The third kappa shape index (κ3) is 1.53. The average molecular weight is 142 g/mol. The van der Waals surface area contributed by atoms with E-state index < -0.39 is 0 Å². The quantitative estimate of drug-likeness (QED) is 0.401. The van der Waals surface area contributed by atoms with Crippen LogP contribution in [0.15, 0.2) is 28.3 Å². The summed E-state index contributed by atoms with van der Waals surface area (Å²) in [5.41, 5.74) is 0. The average Bonchev–Trinajstić information content (AvgIpc) is 2.17. The minimum atomic E-state index is -0.185. The number of allylic oxidation sites excluding steroid dienone is 2. The van der Waals surface area contributed by atoms with Gasteiger partial charge in [0.15, 0.2) is 0 Å². The topological polar surface area (TPSA) is 29.4 Å². The van der Waals surface area contributed by atoms with E-state index in [9.17, 15) is 4.79 Å². The summed E-state index contributed by atoms with van der Waals surface area (Å²) in [6, 6.07) is -0.185. The lowest BCUT2D eigenvalue weighted by atomic mass is 10.4. The lowest BCUT2D eigenvalue weighted by Gasteiger charge is -1.86. The number of aliphatic imine (C=N–C) groups is 1. The summed E-state index contributed by atoms with van der Waals surface area (Å²) in [6.07, 6.45) is 6.55. The highest BCUT2D eigenvalue weighted by molar-refractivity contribution is 6.31. The van der Waals surface area contributed by atoms with Crippen LogP contribution in [0.5, 0.6) is 0 Å². The fourth-order valence-electron chi connectivity index (χ4n) is 0.606. The number of isocyanates is 1. The van der Waals surface area contributed by atoms with Gasteiger partial charge in [-0.05, 0) is 12.2 Å². The van der Waals surface area contributed by atoms with Gasteiger partial charge >= 0.3 is 0 Å². The number of hydrogen-bond acceptors (Lipinski definition) is 2. The van der Waals surface area contributed by atoms with Crippen LogP contribution in [0.4, 0.5) is 0 Å². The van der Waals surface area contributed by atoms with Gasteiger partial charge in [-0.3, -0.25) is 0 Å². The summed E-state index contributed by atoms with van der Waals surface area (Å²) >= 11 is 5.53. The lowest BCUT2D eigenvalue weighted by molar-refractivity contribution is 0.562. The standard InChI is InChI=1S/C6H4ClNO/c7-5-1-2-6(3-5)8-4-9/h1-3,6H. The van der Waals surface area contributed by atoms with Gasteiger partial charge in [0.05, 0.1) is 0 Å². The Hall–Kier alpha value is -0.850. The molecule has 0 aromatic rings. The van der Waals surface area contributed by atoms with E-state index in [0.29, 0.717) is 5.03 Å². The maximum absolute atomic E-state index is 9.67. The van der Waals surface area contributed by atoms with E-state index >= 15 is 0 Å². The van der Waals surface area contributed by atoms with Crippen molar-refractivity contribution in [3.8, 4) is 0 Å². The van der Waals surface area contributed by atoms with Crippen molar-refractivity contribution in [2.24, 2.45) is 4.99 Å². The molecule has 1 unspecified atom stereocenters. The summed E-state index contributed by atoms with van der Waals surface area (Å²) in [5.74, 6) is 0. The normalized spacial score (nSPS) is 23.2. The molecule has 3 heteroatoms. The molecule has 0 heterocycles. The molecule has 2 nitrogen and oxygen atoms in total. The van der Waals surface area contributed by atoms with Gasteiger partial charge in [0.25, 0.3) is 0 Å². The number of rotatable bonds is 1. The van der Waals surface area contributed by atoms with Crippen LogP contribution in [0.1, 0.15) is 0 Å². The zero-order chi connectivity index (χ0) is 6.69. The molecule has 1 aliphatic rings. The molecule has 0 aromatic carbocycles. The molecular weight excluding hydrogens is 138 g/mol. The van der Waals surface area contributed by atoms with E-state index in [1.54, 1.807) is 18.2 Å². The fourth-order valence-corrected chi connectivity index (χ4v) is 0.808. The largest absolute Gasteiger partial charge is 0.235 e. The molecule has 1 rings (SSSR count). The van der Waals surface area contributed by atoms with Crippen molar-refractivity contribution < 1.29 is 4.79 Å². The van der Waals surface area contributed by atoms with Crippen molar-refractivity contribution in [1.29, 1.82) is 0 Å². The van der Waals surface area contributed by atoms with Crippen LogP contribution in [-0.2, 0) is 4.79 Å².